The smallest absolute Gasteiger partial charge is 0.340 e. The van der Waals surface area contributed by atoms with Gasteiger partial charge in [-0.1, -0.05) is 19.1 Å². The Hall–Kier alpha value is -2.28. The summed E-state index contributed by atoms with van der Waals surface area (Å²) >= 11 is 0. The van der Waals surface area contributed by atoms with Crippen LogP contribution in [-0.4, -0.2) is 103 Å². The minimum absolute atomic E-state index is 0.0559. The van der Waals surface area contributed by atoms with Gasteiger partial charge in [-0.15, -0.1) is 0 Å². The van der Waals surface area contributed by atoms with Crippen LogP contribution in [0.3, 0.4) is 0 Å². The zero-order valence-electron chi connectivity index (χ0n) is 25.6. The van der Waals surface area contributed by atoms with Gasteiger partial charge < -0.3 is 34.0 Å². The monoisotopic (exact) mass is 600 g/mol. The molecule has 0 aromatic heterocycles. The van der Waals surface area contributed by atoms with Gasteiger partial charge in [0.05, 0.1) is 29.6 Å². The molecule has 7 bridgehead atoms. The lowest BCUT2D eigenvalue weighted by Gasteiger charge is -2.70. The molecule has 1 spiro atoms. The lowest BCUT2D eigenvalue weighted by Crippen LogP contribution is -2.83. The summed E-state index contributed by atoms with van der Waals surface area (Å²) in [6, 6.07) is 6.76. The van der Waals surface area contributed by atoms with E-state index in [2.05, 4.69) is 17.3 Å². The number of carbonyl (C=O) groups excluding carboxylic acids is 2. The second-order valence-corrected chi connectivity index (χ2v) is 13.7. The van der Waals surface area contributed by atoms with Gasteiger partial charge in [0.15, 0.2) is 0 Å². The molecule has 1 saturated heterocycles. The molecule has 11 nitrogen and oxygen atoms in total. The number of esters is 1. The van der Waals surface area contributed by atoms with Crippen LogP contribution < -0.4 is 5.48 Å². The van der Waals surface area contributed by atoms with Crippen molar-refractivity contribution in [2.75, 3.05) is 39.9 Å². The van der Waals surface area contributed by atoms with Crippen molar-refractivity contribution in [2.24, 2.45) is 29.1 Å². The van der Waals surface area contributed by atoms with Crippen LogP contribution in [0.1, 0.15) is 56.3 Å². The van der Waals surface area contributed by atoms with Crippen LogP contribution in [0.4, 0.5) is 5.69 Å². The van der Waals surface area contributed by atoms with Crippen LogP contribution in [0.2, 0.25) is 0 Å². The Morgan fingerprint density at radius 2 is 1.84 bits per heavy atom. The lowest BCUT2D eigenvalue weighted by atomic mass is 9.44. The molecule has 4 unspecified atom stereocenters. The highest BCUT2D eigenvalue weighted by atomic mass is 16.7. The number of piperidine rings is 1. The highest BCUT2D eigenvalue weighted by Crippen LogP contribution is 2.79. The van der Waals surface area contributed by atoms with Gasteiger partial charge in [0.1, 0.15) is 16.8 Å². The van der Waals surface area contributed by atoms with Crippen LogP contribution in [-0.2, 0) is 28.6 Å². The van der Waals surface area contributed by atoms with Crippen molar-refractivity contribution >= 4 is 17.6 Å². The van der Waals surface area contributed by atoms with E-state index in [-0.39, 0.29) is 47.5 Å². The third-order valence-electron chi connectivity index (χ3n) is 12.6. The second-order valence-electron chi connectivity index (χ2n) is 13.7. The molecule has 1 aromatic carbocycles. The number of hydrogen-bond donors (Lipinski definition) is 3. The molecule has 3 N–H and O–H groups in total. The van der Waals surface area contributed by atoms with Crippen LogP contribution >= 0.6 is 0 Å². The molecule has 43 heavy (non-hydrogen) atoms. The number of aliphatic hydroxyl groups is 2. The normalized spacial score (nSPS) is 47.2. The summed E-state index contributed by atoms with van der Waals surface area (Å²) in [5.74, 6) is -1.89. The van der Waals surface area contributed by atoms with Gasteiger partial charge >= 0.3 is 11.9 Å². The van der Waals surface area contributed by atoms with Crippen molar-refractivity contribution in [2.45, 2.75) is 87.1 Å². The molecule has 12 atom stereocenters. The Morgan fingerprint density at radius 3 is 2.51 bits per heavy atom. The van der Waals surface area contributed by atoms with Crippen LogP contribution in [0, 0.1) is 29.1 Å². The molecule has 1 heterocycles. The first-order valence-electron chi connectivity index (χ1n) is 15.6. The van der Waals surface area contributed by atoms with Crippen molar-refractivity contribution in [3.8, 4) is 0 Å². The number of para-hydroxylation sites is 1. The summed E-state index contributed by atoms with van der Waals surface area (Å²) in [7, 11) is 5.04. The van der Waals surface area contributed by atoms with Gasteiger partial charge in [-0.25, -0.2) is 10.3 Å². The van der Waals surface area contributed by atoms with Crippen LogP contribution in [0.5, 0.6) is 0 Å². The van der Waals surface area contributed by atoms with E-state index in [1.54, 1.807) is 45.6 Å². The Balaban J connectivity index is 1.35. The van der Waals surface area contributed by atoms with E-state index in [1.807, 2.05) is 0 Å². The summed E-state index contributed by atoms with van der Waals surface area (Å²) in [5.41, 5.74) is -1.16. The van der Waals surface area contributed by atoms with Crippen molar-refractivity contribution in [1.29, 1.82) is 0 Å². The molecule has 5 aliphatic carbocycles. The number of hydrogen-bond acceptors (Lipinski definition) is 11. The van der Waals surface area contributed by atoms with Crippen LogP contribution in [0.15, 0.2) is 24.3 Å². The predicted octanol–water partition coefficient (Wildman–Crippen LogP) is 2.15. The third-order valence-corrected chi connectivity index (χ3v) is 12.6. The first-order chi connectivity index (χ1) is 20.6. The average molecular weight is 601 g/mol. The molecule has 1 aliphatic heterocycles. The van der Waals surface area contributed by atoms with E-state index < -0.39 is 40.3 Å². The van der Waals surface area contributed by atoms with Crippen molar-refractivity contribution < 1.29 is 43.6 Å². The molecule has 6 aliphatic rings. The highest BCUT2D eigenvalue weighted by Gasteiger charge is 2.89. The molecule has 6 fully saturated rings. The number of benzene rings is 1. The number of nitrogens with zero attached hydrogens (tertiary/aromatic N) is 1. The maximum atomic E-state index is 14.1. The summed E-state index contributed by atoms with van der Waals surface area (Å²) in [6.07, 6.45) is 1.81. The molecular weight excluding hydrogens is 556 g/mol. The van der Waals surface area contributed by atoms with Gasteiger partial charge in [0, 0.05) is 76.3 Å². The number of nitrogens with one attached hydrogen (secondary N) is 1. The van der Waals surface area contributed by atoms with E-state index in [0.717, 1.165) is 0 Å². The fourth-order valence-electron chi connectivity index (χ4n) is 11.5. The van der Waals surface area contributed by atoms with E-state index in [0.29, 0.717) is 50.9 Å². The van der Waals surface area contributed by atoms with Gasteiger partial charge in [0.2, 0.25) is 0 Å². The zero-order chi connectivity index (χ0) is 30.5. The molecule has 0 amide bonds. The van der Waals surface area contributed by atoms with Gasteiger partial charge in [0.25, 0.3) is 0 Å². The fourth-order valence-corrected chi connectivity index (χ4v) is 11.5. The standard InChI is InChI=1S/C32H44N2O9/c1-6-34-16-29(42-28(36)18-9-7-8-10-21(18)33-43-17(2)35)12-11-25(40-4)31-23(29)14-20(26(31)34)30(37)15-22(39-3)19-13-24(31)32(30,38)27(19)41-5/h7-10,19-20,22-27,33,37-38H,6,11-16H2,1-5H3/t19-,20?,22+,23?,24?,25+,26-,27+,29?,30+,31+,32+/m1/s1. The number of rotatable bonds is 8. The molecule has 11 heteroatoms. The van der Waals surface area contributed by atoms with Crippen molar-refractivity contribution in [1.82, 2.24) is 4.90 Å². The predicted molar refractivity (Wildman–Crippen MR) is 153 cm³/mol. The number of fused-ring (bicyclic) bond motifs is 2. The second kappa shape index (κ2) is 9.86. The van der Waals surface area contributed by atoms with Crippen LogP contribution in [0.25, 0.3) is 0 Å². The number of methoxy groups -OCH3 is 3. The maximum absolute atomic E-state index is 14.1. The van der Waals surface area contributed by atoms with Crippen molar-refractivity contribution in [3.63, 3.8) is 0 Å². The van der Waals surface area contributed by atoms with Gasteiger partial charge in [-0.2, -0.15) is 0 Å². The summed E-state index contributed by atoms with van der Waals surface area (Å²) < 4.78 is 25.0. The van der Waals surface area contributed by atoms with E-state index >= 15 is 0 Å². The molecule has 1 aromatic rings. The largest absolute Gasteiger partial charge is 0.454 e. The lowest BCUT2D eigenvalue weighted by molar-refractivity contribution is -0.337. The summed E-state index contributed by atoms with van der Waals surface area (Å²) in [5, 5.41) is 25.7. The number of anilines is 1. The topological polar surface area (TPSA) is 136 Å². The third kappa shape index (κ3) is 3.46. The first-order valence-corrected chi connectivity index (χ1v) is 15.6. The minimum Gasteiger partial charge on any atom is -0.454 e. The Labute approximate surface area is 252 Å². The van der Waals surface area contributed by atoms with Crippen molar-refractivity contribution in [3.05, 3.63) is 29.8 Å². The van der Waals surface area contributed by atoms with E-state index in [9.17, 15) is 19.8 Å². The average Bonchev–Trinajstić information content (AvgIpc) is 3.42. The zero-order valence-corrected chi connectivity index (χ0v) is 25.6. The van der Waals surface area contributed by atoms with E-state index in [1.165, 1.54) is 6.92 Å². The SMILES string of the molecule is CCN1CC2(OC(=O)c3ccccc3NOC(C)=O)CC[C@H](OC)[C@@]34C2CC([C@@H]13)[C@@]1(O)C[C@H](OC)[C@H]2CC4[C@]1(O)[C@H]2OC. The molecule has 236 valence electrons. The molecule has 5 saturated carbocycles. The number of likely N-dealkylation sites (tertiary alicyclic amines) is 1. The Kier molecular flexibility index (Phi) is 6.75. The quantitative estimate of drug-likeness (QED) is 0.299. The maximum Gasteiger partial charge on any atom is 0.340 e. The van der Waals surface area contributed by atoms with E-state index in [4.69, 9.17) is 23.8 Å². The summed E-state index contributed by atoms with van der Waals surface area (Å²) in [4.78, 5) is 32.9. The first kappa shape index (κ1) is 29.4. The fraction of sp³-hybridized carbons (Fsp3) is 0.750. The number of ether oxygens (including phenoxy) is 4. The minimum atomic E-state index is -1.49. The number of carbonyl (C=O) groups is 2. The summed E-state index contributed by atoms with van der Waals surface area (Å²) in [6.45, 7) is 4.62. The molecule has 0 radical (unpaired) electrons. The number of likely N-dealkylation sites (N-methyl/N-ethyl adjacent to an activating group) is 1. The Bertz CT molecular complexity index is 1310. The van der Waals surface area contributed by atoms with Gasteiger partial charge in [-0.05, 0) is 44.4 Å². The Morgan fingerprint density at radius 1 is 1.07 bits per heavy atom. The molecular formula is C32H44N2O9. The van der Waals surface area contributed by atoms with Gasteiger partial charge in [-0.3, -0.25) is 9.69 Å². The molecule has 7 rings (SSSR count). The highest BCUT2D eigenvalue weighted by molar-refractivity contribution is 5.96.